The van der Waals surface area contributed by atoms with E-state index in [2.05, 4.69) is 11.0 Å². The molecule has 0 amide bonds. The molecule has 1 aromatic carbocycles. The molecule has 2 N–H and O–H groups in total. The fourth-order valence-electron chi connectivity index (χ4n) is 1.37. The lowest BCUT2D eigenvalue weighted by Gasteiger charge is -2.25. The van der Waals surface area contributed by atoms with Crippen LogP contribution in [0.1, 0.15) is 18.9 Å². The van der Waals surface area contributed by atoms with E-state index in [4.69, 9.17) is 11.0 Å². The van der Waals surface area contributed by atoms with Gasteiger partial charge in [0.15, 0.2) is 0 Å². The van der Waals surface area contributed by atoms with Crippen LogP contribution in [0.2, 0.25) is 0 Å². The second kappa shape index (κ2) is 4.70. The van der Waals surface area contributed by atoms with Gasteiger partial charge >= 0.3 is 0 Å². The molecular weight excluding hydrogens is 186 g/mol. The first-order chi connectivity index (χ1) is 7.06. The molecule has 0 aliphatic rings. The molecule has 0 heterocycles. The molecule has 15 heavy (non-hydrogen) atoms. The SMILES string of the molecule is Cc1ccc(N(C)C(C)CC#N)cc1N. The molecule has 80 valence electrons. The topological polar surface area (TPSA) is 53.0 Å². The maximum Gasteiger partial charge on any atom is 0.0643 e. The van der Waals surface area contributed by atoms with E-state index in [-0.39, 0.29) is 6.04 Å². The largest absolute Gasteiger partial charge is 0.398 e. The highest BCUT2D eigenvalue weighted by atomic mass is 15.1. The normalized spacial score (nSPS) is 11.9. The Labute approximate surface area is 91.1 Å². The molecule has 0 aromatic heterocycles. The molecule has 1 rings (SSSR count). The van der Waals surface area contributed by atoms with E-state index in [1.54, 1.807) is 0 Å². The van der Waals surface area contributed by atoms with Crippen molar-refractivity contribution >= 4 is 11.4 Å². The molecule has 0 saturated carbocycles. The lowest BCUT2D eigenvalue weighted by molar-refractivity contribution is 0.703. The molecule has 0 bridgehead atoms. The molecule has 3 nitrogen and oxygen atoms in total. The van der Waals surface area contributed by atoms with Gasteiger partial charge in [-0.15, -0.1) is 0 Å². The monoisotopic (exact) mass is 203 g/mol. The van der Waals surface area contributed by atoms with Crippen molar-refractivity contribution in [3.63, 3.8) is 0 Å². The van der Waals surface area contributed by atoms with Gasteiger partial charge in [-0.25, -0.2) is 0 Å². The second-order valence-corrected chi connectivity index (χ2v) is 3.86. The van der Waals surface area contributed by atoms with Crippen molar-refractivity contribution in [3.05, 3.63) is 23.8 Å². The first-order valence-electron chi connectivity index (χ1n) is 5.02. The summed E-state index contributed by atoms with van der Waals surface area (Å²) in [6.45, 7) is 4.01. The Morgan fingerprint density at radius 3 is 2.73 bits per heavy atom. The van der Waals surface area contributed by atoms with Gasteiger partial charge in [0.25, 0.3) is 0 Å². The van der Waals surface area contributed by atoms with Crippen LogP contribution in [0.3, 0.4) is 0 Å². The lowest BCUT2D eigenvalue weighted by atomic mass is 10.1. The summed E-state index contributed by atoms with van der Waals surface area (Å²) in [6, 6.07) is 8.35. The van der Waals surface area contributed by atoms with Gasteiger partial charge in [0.05, 0.1) is 12.5 Å². The van der Waals surface area contributed by atoms with Gasteiger partial charge in [-0.05, 0) is 31.5 Å². The van der Waals surface area contributed by atoms with Crippen molar-refractivity contribution < 1.29 is 0 Å². The Bertz CT molecular complexity index is 379. The minimum Gasteiger partial charge on any atom is -0.398 e. The number of nitrogen functional groups attached to an aromatic ring is 1. The fourth-order valence-corrected chi connectivity index (χ4v) is 1.37. The van der Waals surface area contributed by atoms with E-state index in [1.807, 2.05) is 39.1 Å². The number of rotatable bonds is 3. The fraction of sp³-hybridized carbons (Fsp3) is 0.417. The second-order valence-electron chi connectivity index (χ2n) is 3.86. The Morgan fingerprint density at radius 2 is 2.20 bits per heavy atom. The predicted molar refractivity (Wildman–Crippen MR) is 63.7 cm³/mol. The molecule has 0 spiro atoms. The van der Waals surface area contributed by atoms with Crippen LogP contribution >= 0.6 is 0 Å². The molecule has 3 heteroatoms. The van der Waals surface area contributed by atoms with E-state index in [1.165, 1.54) is 0 Å². The maximum absolute atomic E-state index is 8.63. The van der Waals surface area contributed by atoms with Gasteiger partial charge in [-0.2, -0.15) is 5.26 Å². The van der Waals surface area contributed by atoms with Crippen LogP contribution in [-0.4, -0.2) is 13.1 Å². The standard InChI is InChI=1S/C12H17N3/c1-9-4-5-11(8-12(9)14)15(3)10(2)6-7-13/h4-5,8,10H,6,14H2,1-3H3. The third kappa shape index (κ3) is 2.63. The van der Waals surface area contributed by atoms with Crippen LogP contribution in [0.5, 0.6) is 0 Å². The third-order valence-electron chi connectivity index (χ3n) is 2.72. The van der Waals surface area contributed by atoms with Crippen LogP contribution in [0, 0.1) is 18.3 Å². The first kappa shape index (κ1) is 11.4. The first-order valence-corrected chi connectivity index (χ1v) is 5.02. The van der Waals surface area contributed by atoms with E-state index in [9.17, 15) is 0 Å². The van der Waals surface area contributed by atoms with Gasteiger partial charge in [0.1, 0.15) is 0 Å². The quantitative estimate of drug-likeness (QED) is 0.767. The average molecular weight is 203 g/mol. The summed E-state index contributed by atoms with van der Waals surface area (Å²) in [7, 11) is 1.98. The van der Waals surface area contributed by atoms with Crippen LogP contribution in [-0.2, 0) is 0 Å². The number of nitrogens with two attached hydrogens (primary N) is 1. The zero-order chi connectivity index (χ0) is 11.4. The Hall–Kier alpha value is -1.69. The molecule has 1 atom stereocenters. The number of anilines is 2. The molecular formula is C12H17N3. The number of hydrogen-bond acceptors (Lipinski definition) is 3. The minimum atomic E-state index is 0.206. The van der Waals surface area contributed by atoms with Crippen LogP contribution in [0.25, 0.3) is 0 Å². The summed E-state index contributed by atoms with van der Waals surface area (Å²) in [5, 5.41) is 8.63. The highest BCUT2D eigenvalue weighted by Gasteiger charge is 2.09. The van der Waals surface area contributed by atoms with Gasteiger partial charge < -0.3 is 10.6 Å². The van der Waals surface area contributed by atoms with Gasteiger partial charge in [-0.3, -0.25) is 0 Å². The van der Waals surface area contributed by atoms with Gasteiger partial charge in [-0.1, -0.05) is 6.07 Å². The molecule has 1 unspecified atom stereocenters. The molecule has 0 aliphatic heterocycles. The van der Waals surface area contributed by atoms with Crippen molar-refractivity contribution in [3.8, 4) is 6.07 Å². The molecule has 0 radical (unpaired) electrons. The predicted octanol–water partition coefficient (Wildman–Crippen LogP) is 2.32. The average Bonchev–Trinajstić information content (AvgIpc) is 2.21. The number of aryl methyl sites for hydroxylation is 1. The highest BCUT2D eigenvalue weighted by Crippen LogP contribution is 2.21. The smallest absolute Gasteiger partial charge is 0.0643 e. The lowest BCUT2D eigenvalue weighted by Crippen LogP contribution is -2.28. The molecule has 1 aromatic rings. The molecule has 0 saturated heterocycles. The van der Waals surface area contributed by atoms with Gasteiger partial charge in [0, 0.05) is 24.5 Å². The number of nitrogens with zero attached hydrogens (tertiary/aromatic N) is 2. The maximum atomic E-state index is 8.63. The molecule has 0 aliphatic carbocycles. The van der Waals surface area contributed by atoms with Crippen molar-refractivity contribution in [1.82, 2.24) is 0 Å². The minimum absolute atomic E-state index is 0.206. The summed E-state index contributed by atoms with van der Waals surface area (Å²) >= 11 is 0. The third-order valence-corrected chi connectivity index (χ3v) is 2.72. The zero-order valence-electron chi connectivity index (χ0n) is 9.49. The summed E-state index contributed by atoms with van der Waals surface area (Å²) in [4.78, 5) is 2.07. The Balaban J connectivity index is 2.87. The number of benzene rings is 1. The zero-order valence-corrected chi connectivity index (χ0v) is 9.49. The number of hydrogen-bond donors (Lipinski definition) is 1. The molecule has 0 fully saturated rings. The van der Waals surface area contributed by atoms with Gasteiger partial charge in [0.2, 0.25) is 0 Å². The van der Waals surface area contributed by atoms with Crippen LogP contribution in [0.15, 0.2) is 18.2 Å². The van der Waals surface area contributed by atoms with Crippen molar-refractivity contribution in [2.24, 2.45) is 0 Å². The summed E-state index contributed by atoms with van der Waals surface area (Å²) in [6.07, 6.45) is 0.518. The van der Waals surface area contributed by atoms with Crippen molar-refractivity contribution in [2.75, 3.05) is 17.7 Å². The van der Waals surface area contributed by atoms with Crippen LogP contribution < -0.4 is 10.6 Å². The van der Waals surface area contributed by atoms with Crippen molar-refractivity contribution in [2.45, 2.75) is 26.3 Å². The van der Waals surface area contributed by atoms with Crippen LogP contribution in [0.4, 0.5) is 11.4 Å². The van der Waals surface area contributed by atoms with Crippen molar-refractivity contribution in [1.29, 1.82) is 5.26 Å². The summed E-state index contributed by atoms with van der Waals surface area (Å²) < 4.78 is 0. The van der Waals surface area contributed by atoms with E-state index < -0.39 is 0 Å². The van der Waals surface area contributed by atoms with E-state index >= 15 is 0 Å². The Morgan fingerprint density at radius 1 is 1.53 bits per heavy atom. The number of nitriles is 1. The highest BCUT2D eigenvalue weighted by molar-refractivity contribution is 5.59. The summed E-state index contributed by atoms with van der Waals surface area (Å²) in [5.41, 5.74) is 8.78. The summed E-state index contributed by atoms with van der Waals surface area (Å²) in [5.74, 6) is 0. The Kier molecular flexibility index (Phi) is 3.56. The van der Waals surface area contributed by atoms with E-state index in [0.717, 1.165) is 16.9 Å². The van der Waals surface area contributed by atoms with E-state index in [0.29, 0.717) is 6.42 Å².